The fourth-order valence-corrected chi connectivity index (χ4v) is 8.03. The van der Waals surface area contributed by atoms with Crippen LogP contribution >= 0.6 is 0 Å². The van der Waals surface area contributed by atoms with E-state index in [-0.39, 0.29) is 12.2 Å². The van der Waals surface area contributed by atoms with Gasteiger partial charge in [-0.1, -0.05) is 188 Å². The number of fused-ring (bicyclic) bond motifs is 3. The van der Waals surface area contributed by atoms with Crippen molar-refractivity contribution in [1.82, 2.24) is 15.6 Å². The van der Waals surface area contributed by atoms with Gasteiger partial charge in [-0.3, -0.25) is 5.32 Å². The quantitative estimate of drug-likeness (QED) is 0.161. The lowest BCUT2D eigenvalue weighted by Crippen LogP contribution is -2.39. The van der Waals surface area contributed by atoms with Crippen LogP contribution in [0.2, 0.25) is 0 Å². The summed E-state index contributed by atoms with van der Waals surface area (Å²) in [6, 6.07) is 73.8. The highest BCUT2D eigenvalue weighted by molar-refractivity contribution is 6.14. The molecule has 8 aromatic carbocycles. The maximum absolute atomic E-state index is 5.19. The van der Waals surface area contributed by atoms with Crippen LogP contribution in [0.4, 0.5) is 0 Å². The van der Waals surface area contributed by atoms with Crippen LogP contribution in [0.15, 0.2) is 212 Å². The summed E-state index contributed by atoms with van der Waals surface area (Å²) in [6.45, 7) is 0. The van der Waals surface area contributed by atoms with Crippen LogP contribution in [0.5, 0.6) is 0 Å². The lowest BCUT2D eigenvalue weighted by Gasteiger charge is -2.33. The molecule has 0 amide bonds. The van der Waals surface area contributed by atoms with Crippen molar-refractivity contribution in [2.75, 3.05) is 0 Å². The fourth-order valence-electron chi connectivity index (χ4n) is 8.03. The number of rotatable bonds is 7. The normalized spacial score (nSPS) is 15.3. The van der Waals surface area contributed by atoms with Crippen molar-refractivity contribution in [3.8, 4) is 44.6 Å². The number of nitrogens with zero attached hydrogens (tertiary/aromatic N) is 1. The Kier molecular flexibility index (Phi) is 8.75. The van der Waals surface area contributed by atoms with E-state index in [0.717, 1.165) is 22.5 Å². The first kappa shape index (κ1) is 33.5. The Morgan fingerprint density at radius 1 is 0.411 bits per heavy atom. The molecule has 10 rings (SSSR count). The summed E-state index contributed by atoms with van der Waals surface area (Å²) in [7, 11) is 0. The molecular formula is C53H39N3. The maximum Gasteiger partial charge on any atom is 0.104 e. The van der Waals surface area contributed by atoms with Crippen molar-refractivity contribution in [1.29, 1.82) is 0 Å². The van der Waals surface area contributed by atoms with Gasteiger partial charge in [-0.05, 0) is 85.1 Å². The van der Waals surface area contributed by atoms with Crippen LogP contribution in [-0.4, -0.2) is 4.98 Å². The minimum atomic E-state index is -0.0386. The minimum absolute atomic E-state index is 0.0386. The van der Waals surface area contributed by atoms with Gasteiger partial charge in [0, 0.05) is 16.6 Å². The average Bonchev–Trinajstić information content (AvgIpc) is 3.29. The molecule has 0 saturated carbocycles. The Bertz CT molecular complexity index is 2810. The Labute approximate surface area is 327 Å². The Hall–Kier alpha value is -7.07. The van der Waals surface area contributed by atoms with Gasteiger partial charge < -0.3 is 5.32 Å². The molecule has 3 nitrogen and oxygen atoms in total. The van der Waals surface area contributed by atoms with E-state index in [0.29, 0.717) is 0 Å². The zero-order valence-electron chi connectivity index (χ0n) is 30.8. The standard InChI is InChI=1S/C53H39N3/c1-5-13-39(14-6-1)47-34-49(41-15-7-2-8-16-41)54-48-32-31-40-27-30-45(33-46(40)52(47)48)38-23-21-36(22-24-38)37-25-28-44(29-26-37)53-55-50(42-17-9-3-10-18-42)35-51(56-53)43-19-11-4-12-20-43/h1-35,50,53,55-56H. The van der Waals surface area contributed by atoms with E-state index in [2.05, 4.69) is 217 Å². The van der Waals surface area contributed by atoms with E-state index in [1.807, 2.05) is 6.07 Å². The molecule has 9 aromatic rings. The summed E-state index contributed by atoms with van der Waals surface area (Å²) >= 11 is 0. The fraction of sp³-hybridized carbons (Fsp3) is 0.0377. The lowest BCUT2D eigenvalue weighted by molar-refractivity contribution is 0.443. The van der Waals surface area contributed by atoms with Crippen LogP contribution in [0.1, 0.15) is 28.9 Å². The van der Waals surface area contributed by atoms with Crippen LogP contribution < -0.4 is 10.6 Å². The Morgan fingerprint density at radius 2 is 0.946 bits per heavy atom. The van der Waals surface area contributed by atoms with Crippen LogP contribution in [0.3, 0.4) is 0 Å². The summed E-state index contributed by atoms with van der Waals surface area (Å²) in [5.41, 5.74) is 15.0. The molecule has 56 heavy (non-hydrogen) atoms. The number of benzene rings is 8. The molecule has 1 aromatic heterocycles. The number of hydrogen-bond acceptors (Lipinski definition) is 3. The van der Waals surface area contributed by atoms with Gasteiger partial charge >= 0.3 is 0 Å². The second-order valence-corrected chi connectivity index (χ2v) is 14.5. The van der Waals surface area contributed by atoms with Crippen molar-refractivity contribution in [3.05, 3.63) is 229 Å². The Balaban J connectivity index is 0.955. The van der Waals surface area contributed by atoms with E-state index in [1.165, 1.54) is 66.2 Å². The summed E-state index contributed by atoms with van der Waals surface area (Å²) in [4.78, 5) is 5.19. The first-order valence-corrected chi connectivity index (χ1v) is 19.3. The highest BCUT2D eigenvalue weighted by Crippen LogP contribution is 2.39. The van der Waals surface area contributed by atoms with Crippen LogP contribution in [0.25, 0.3) is 72.0 Å². The molecule has 1 aliphatic rings. The monoisotopic (exact) mass is 717 g/mol. The summed E-state index contributed by atoms with van der Waals surface area (Å²) in [5, 5.41) is 11.2. The van der Waals surface area contributed by atoms with E-state index in [4.69, 9.17) is 4.98 Å². The highest BCUT2D eigenvalue weighted by atomic mass is 15.2. The maximum atomic E-state index is 5.19. The molecule has 0 saturated heterocycles. The lowest BCUT2D eigenvalue weighted by atomic mass is 9.92. The van der Waals surface area contributed by atoms with Gasteiger partial charge in [-0.15, -0.1) is 0 Å². The predicted molar refractivity (Wildman–Crippen MR) is 234 cm³/mol. The van der Waals surface area contributed by atoms with Gasteiger partial charge in [0.25, 0.3) is 0 Å². The molecule has 0 aliphatic carbocycles. The summed E-state index contributed by atoms with van der Waals surface area (Å²) in [6.07, 6.45) is 2.25. The third-order valence-corrected chi connectivity index (χ3v) is 11.0. The van der Waals surface area contributed by atoms with Gasteiger partial charge in [-0.25, -0.2) is 4.98 Å². The van der Waals surface area contributed by atoms with Crippen molar-refractivity contribution in [3.63, 3.8) is 0 Å². The molecule has 2 N–H and O–H groups in total. The highest BCUT2D eigenvalue weighted by Gasteiger charge is 2.24. The first-order valence-electron chi connectivity index (χ1n) is 19.3. The number of nitrogens with one attached hydrogen (secondary N) is 2. The van der Waals surface area contributed by atoms with Gasteiger partial charge in [0.05, 0.1) is 17.3 Å². The van der Waals surface area contributed by atoms with E-state index in [1.54, 1.807) is 0 Å². The van der Waals surface area contributed by atoms with Crippen LogP contribution in [0, 0.1) is 0 Å². The largest absolute Gasteiger partial charge is 0.366 e. The third kappa shape index (κ3) is 6.55. The third-order valence-electron chi connectivity index (χ3n) is 11.0. The number of hydrogen-bond donors (Lipinski definition) is 2. The Morgan fingerprint density at radius 3 is 1.61 bits per heavy atom. The molecule has 0 spiro atoms. The number of pyridine rings is 1. The van der Waals surface area contributed by atoms with Crippen molar-refractivity contribution in [2.24, 2.45) is 0 Å². The first-order chi connectivity index (χ1) is 27.7. The van der Waals surface area contributed by atoms with Crippen LogP contribution in [-0.2, 0) is 0 Å². The van der Waals surface area contributed by atoms with E-state index in [9.17, 15) is 0 Å². The molecule has 0 radical (unpaired) electrons. The zero-order valence-corrected chi connectivity index (χ0v) is 30.8. The smallest absolute Gasteiger partial charge is 0.104 e. The predicted octanol–water partition coefficient (Wildman–Crippen LogP) is 13.0. The van der Waals surface area contributed by atoms with Crippen molar-refractivity contribution in [2.45, 2.75) is 12.2 Å². The molecule has 2 unspecified atom stereocenters. The SMILES string of the molecule is C1=C(c2ccccc2)NC(c2ccc(-c3ccc(-c4ccc5ccc6nc(-c7ccccc7)cc(-c7ccccc7)c6c5c4)cc3)cc2)NC1c1ccccc1. The van der Waals surface area contributed by atoms with Gasteiger partial charge in [0.2, 0.25) is 0 Å². The molecule has 2 atom stereocenters. The second-order valence-electron chi connectivity index (χ2n) is 14.5. The van der Waals surface area contributed by atoms with Gasteiger partial charge in [0.1, 0.15) is 6.17 Å². The zero-order chi connectivity index (χ0) is 37.3. The number of aromatic nitrogens is 1. The summed E-state index contributed by atoms with van der Waals surface area (Å²) in [5.74, 6) is 0. The molecular weight excluding hydrogens is 679 g/mol. The second kappa shape index (κ2) is 14.6. The minimum Gasteiger partial charge on any atom is -0.366 e. The average molecular weight is 718 g/mol. The topological polar surface area (TPSA) is 37.0 Å². The molecule has 3 heteroatoms. The molecule has 2 heterocycles. The molecule has 0 fully saturated rings. The summed E-state index contributed by atoms with van der Waals surface area (Å²) < 4.78 is 0. The van der Waals surface area contributed by atoms with Gasteiger partial charge in [0.15, 0.2) is 0 Å². The van der Waals surface area contributed by atoms with Crippen molar-refractivity contribution >= 4 is 27.4 Å². The molecule has 266 valence electrons. The molecule has 1 aliphatic heterocycles. The molecule has 0 bridgehead atoms. The van der Waals surface area contributed by atoms with Crippen molar-refractivity contribution < 1.29 is 0 Å². The van der Waals surface area contributed by atoms with E-state index < -0.39 is 0 Å². The van der Waals surface area contributed by atoms with E-state index >= 15 is 0 Å². The van der Waals surface area contributed by atoms with Gasteiger partial charge in [-0.2, -0.15) is 0 Å².